The molecule has 1 N–H and O–H groups in total. The van der Waals surface area contributed by atoms with Crippen LogP contribution in [-0.4, -0.2) is 15.3 Å². The molecule has 0 bridgehead atoms. The van der Waals surface area contributed by atoms with E-state index in [2.05, 4.69) is 26.2 Å². The maximum Gasteiger partial charge on any atom is 0.221 e. The topological polar surface area (TPSA) is 46.4 Å². The third kappa shape index (κ3) is 2.58. The zero-order chi connectivity index (χ0) is 14.1. The summed E-state index contributed by atoms with van der Waals surface area (Å²) in [6, 6.07) is 11.6. The zero-order valence-corrected chi connectivity index (χ0v) is 12.4. The number of carbonyl (C=O) groups excluding carboxylic acids is 1. The number of aromatic nitrogens is 2. The van der Waals surface area contributed by atoms with Crippen molar-refractivity contribution in [1.29, 1.82) is 0 Å². The molecule has 0 saturated carbocycles. The second-order valence-corrected chi connectivity index (χ2v) is 5.42. The van der Waals surface area contributed by atoms with Crippen molar-refractivity contribution in [3.05, 3.63) is 53.3 Å². The van der Waals surface area contributed by atoms with Gasteiger partial charge in [-0.05, 0) is 40.2 Å². The molecule has 0 spiro atoms. The van der Waals surface area contributed by atoms with Crippen molar-refractivity contribution in [3.8, 4) is 11.3 Å². The first-order valence-corrected chi connectivity index (χ1v) is 6.93. The van der Waals surface area contributed by atoms with Crippen molar-refractivity contribution in [2.24, 2.45) is 0 Å². The van der Waals surface area contributed by atoms with Crippen LogP contribution in [0.25, 0.3) is 16.9 Å². The fourth-order valence-corrected chi connectivity index (χ4v) is 2.42. The van der Waals surface area contributed by atoms with E-state index in [4.69, 9.17) is 0 Å². The first kappa shape index (κ1) is 12.9. The monoisotopic (exact) mass is 329 g/mol. The van der Waals surface area contributed by atoms with Gasteiger partial charge in [0.05, 0.1) is 5.69 Å². The summed E-state index contributed by atoms with van der Waals surface area (Å²) < 4.78 is 2.96. The van der Waals surface area contributed by atoms with Gasteiger partial charge in [-0.15, -0.1) is 0 Å². The molecule has 0 aliphatic heterocycles. The molecule has 2 aromatic heterocycles. The van der Waals surface area contributed by atoms with E-state index in [1.807, 2.05) is 53.2 Å². The molecule has 0 radical (unpaired) electrons. The first-order chi connectivity index (χ1) is 9.61. The predicted octanol–water partition coefficient (Wildman–Crippen LogP) is 3.72. The predicted molar refractivity (Wildman–Crippen MR) is 82.6 cm³/mol. The maximum atomic E-state index is 11.1. The van der Waals surface area contributed by atoms with Gasteiger partial charge in [0.2, 0.25) is 5.91 Å². The number of rotatable bonds is 2. The molecule has 0 unspecified atom stereocenters. The highest BCUT2D eigenvalue weighted by Crippen LogP contribution is 2.23. The number of fused-ring (bicyclic) bond motifs is 1. The summed E-state index contributed by atoms with van der Waals surface area (Å²) in [5.41, 5.74) is 3.49. The lowest BCUT2D eigenvalue weighted by Crippen LogP contribution is -2.05. The lowest BCUT2D eigenvalue weighted by Gasteiger charge is -2.03. The van der Waals surface area contributed by atoms with Crippen molar-refractivity contribution in [2.75, 3.05) is 5.32 Å². The second-order valence-electron chi connectivity index (χ2n) is 4.50. The van der Waals surface area contributed by atoms with E-state index < -0.39 is 0 Å². The van der Waals surface area contributed by atoms with Crippen LogP contribution < -0.4 is 5.32 Å². The summed E-state index contributed by atoms with van der Waals surface area (Å²) in [6.07, 6.45) is 3.93. The minimum absolute atomic E-state index is 0.0823. The van der Waals surface area contributed by atoms with Gasteiger partial charge in [-0.3, -0.25) is 4.79 Å². The third-order valence-electron chi connectivity index (χ3n) is 2.89. The summed E-state index contributed by atoms with van der Waals surface area (Å²) in [5, 5.41) is 2.78. The largest absolute Gasteiger partial charge is 0.326 e. The van der Waals surface area contributed by atoms with Crippen molar-refractivity contribution >= 4 is 33.2 Å². The van der Waals surface area contributed by atoms with Crippen LogP contribution in [0.5, 0.6) is 0 Å². The number of hydrogen-bond donors (Lipinski definition) is 1. The molecule has 4 nitrogen and oxygen atoms in total. The van der Waals surface area contributed by atoms with E-state index in [1.165, 1.54) is 6.92 Å². The first-order valence-electron chi connectivity index (χ1n) is 6.14. The Morgan fingerprint density at radius 2 is 2.10 bits per heavy atom. The number of anilines is 1. The normalized spacial score (nSPS) is 10.7. The summed E-state index contributed by atoms with van der Waals surface area (Å²) in [7, 11) is 0. The molecule has 20 heavy (non-hydrogen) atoms. The average Bonchev–Trinajstić information content (AvgIpc) is 2.81. The zero-order valence-electron chi connectivity index (χ0n) is 10.8. The number of benzene rings is 1. The fraction of sp³-hybridized carbons (Fsp3) is 0.0667. The Kier molecular flexibility index (Phi) is 3.28. The fourth-order valence-electron chi connectivity index (χ4n) is 2.06. The van der Waals surface area contributed by atoms with E-state index in [0.717, 1.165) is 27.1 Å². The van der Waals surface area contributed by atoms with Crippen LogP contribution >= 0.6 is 15.9 Å². The molecule has 1 amide bonds. The molecule has 2 heterocycles. The Bertz CT molecular complexity index is 795. The van der Waals surface area contributed by atoms with Gasteiger partial charge in [0.1, 0.15) is 5.65 Å². The summed E-state index contributed by atoms with van der Waals surface area (Å²) in [4.78, 5) is 15.7. The minimum Gasteiger partial charge on any atom is -0.326 e. The SMILES string of the molecule is CC(=O)Nc1cccc(-c2cn3cc(Br)ccc3n2)c1. The Hall–Kier alpha value is -2.14. The van der Waals surface area contributed by atoms with Crippen molar-refractivity contribution in [1.82, 2.24) is 9.38 Å². The number of nitrogens with one attached hydrogen (secondary N) is 1. The van der Waals surface area contributed by atoms with Gasteiger partial charge in [-0.2, -0.15) is 0 Å². The van der Waals surface area contributed by atoms with Gasteiger partial charge in [0.15, 0.2) is 0 Å². The van der Waals surface area contributed by atoms with E-state index >= 15 is 0 Å². The van der Waals surface area contributed by atoms with Crippen molar-refractivity contribution in [3.63, 3.8) is 0 Å². The lowest BCUT2D eigenvalue weighted by molar-refractivity contribution is -0.114. The van der Waals surface area contributed by atoms with Crippen LogP contribution in [0.2, 0.25) is 0 Å². The summed E-state index contributed by atoms with van der Waals surface area (Å²) >= 11 is 3.44. The van der Waals surface area contributed by atoms with Gasteiger partial charge in [-0.1, -0.05) is 12.1 Å². The van der Waals surface area contributed by atoms with E-state index in [0.29, 0.717) is 0 Å². The highest BCUT2D eigenvalue weighted by atomic mass is 79.9. The van der Waals surface area contributed by atoms with Gasteiger partial charge < -0.3 is 9.72 Å². The lowest BCUT2D eigenvalue weighted by atomic mass is 10.1. The van der Waals surface area contributed by atoms with Crippen molar-refractivity contribution < 1.29 is 4.79 Å². The number of amides is 1. The number of hydrogen-bond acceptors (Lipinski definition) is 2. The molecular weight excluding hydrogens is 318 g/mol. The number of imidazole rings is 1. The van der Waals surface area contributed by atoms with Crippen LogP contribution in [0.3, 0.4) is 0 Å². The average molecular weight is 330 g/mol. The van der Waals surface area contributed by atoms with Gasteiger partial charge in [-0.25, -0.2) is 4.98 Å². The molecule has 3 rings (SSSR count). The molecular formula is C15H12BrN3O. The van der Waals surface area contributed by atoms with Crippen molar-refractivity contribution in [2.45, 2.75) is 6.92 Å². The van der Waals surface area contributed by atoms with Crippen LogP contribution in [0.1, 0.15) is 6.92 Å². The molecule has 5 heteroatoms. The number of carbonyl (C=O) groups is 1. The van der Waals surface area contributed by atoms with E-state index in [9.17, 15) is 4.79 Å². The molecule has 3 aromatic rings. The molecule has 0 aliphatic carbocycles. The van der Waals surface area contributed by atoms with Crippen LogP contribution in [-0.2, 0) is 4.79 Å². The molecule has 0 aliphatic rings. The third-order valence-corrected chi connectivity index (χ3v) is 3.36. The highest BCUT2D eigenvalue weighted by molar-refractivity contribution is 9.10. The van der Waals surface area contributed by atoms with Gasteiger partial charge in [0, 0.05) is 35.0 Å². The Morgan fingerprint density at radius 1 is 1.25 bits per heavy atom. The molecule has 0 fully saturated rings. The number of halogens is 1. The second kappa shape index (κ2) is 5.09. The smallest absolute Gasteiger partial charge is 0.221 e. The van der Waals surface area contributed by atoms with Gasteiger partial charge >= 0.3 is 0 Å². The highest BCUT2D eigenvalue weighted by Gasteiger charge is 2.06. The summed E-state index contributed by atoms with van der Waals surface area (Å²) in [5.74, 6) is -0.0823. The minimum atomic E-state index is -0.0823. The molecule has 100 valence electrons. The Morgan fingerprint density at radius 3 is 2.90 bits per heavy atom. The van der Waals surface area contributed by atoms with Crippen LogP contribution in [0.15, 0.2) is 53.3 Å². The molecule has 0 atom stereocenters. The Balaban J connectivity index is 2.03. The van der Waals surface area contributed by atoms with E-state index in [1.54, 1.807) is 0 Å². The molecule has 1 aromatic carbocycles. The molecule has 0 saturated heterocycles. The maximum absolute atomic E-state index is 11.1. The number of pyridine rings is 1. The quantitative estimate of drug-likeness (QED) is 0.778. The van der Waals surface area contributed by atoms with Crippen LogP contribution in [0, 0.1) is 0 Å². The van der Waals surface area contributed by atoms with E-state index in [-0.39, 0.29) is 5.91 Å². The Labute approximate surface area is 124 Å². The standard InChI is InChI=1S/C15H12BrN3O/c1-10(20)17-13-4-2-3-11(7-13)14-9-19-8-12(16)5-6-15(19)18-14/h2-9H,1H3,(H,17,20). The van der Waals surface area contributed by atoms with Gasteiger partial charge in [0.25, 0.3) is 0 Å². The van der Waals surface area contributed by atoms with Crippen LogP contribution in [0.4, 0.5) is 5.69 Å². The summed E-state index contributed by atoms with van der Waals surface area (Å²) in [6.45, 7) is 1.50. The number of nitrogens with zero attached hydrogens (tertiary/aromatic N) is 2.